The predicted octanol–water partition coefficient (Wildman–Crippen LogP) is 3.80. The number of alkyl halides is 1. The molecule has 4 fully saturated rings. The molecule has 2 unspecified atom stereocenters. The first-order valence-corrected chi connectivity index (χ1v) is 11.7. The summed E-state index contributed by atoms with van der Waals surface area (Å²) in [4.78, 5) is 26.1. The summed E-state index contributed by atoms with van der Waals surface area (Å²) in [5, 5.41) is 8.29. The van der Waals surface area contributed by atoms with Gasteiger partial charge in [-0.25, -0.2) is 4.39 Å². The molecule has 4 heterocycles. The Morgan fingerprint density at radius 2 is 2.12 bits per heavy atom. The summed E-state index contributed by atoms with van der Waals surface area (Å²) in [7, 11) is 0. The van der Waals surface area contributed by atoms with E-state index in [2.05, 4.69) is 12.2 Å². The van der Waals surface area contributed by atoms with Crippen LogP contribution in [0.1, 0.15) is 56.4 Å². The molecule has 8 nitrogen and oxygen atoms in total. The molecule has 2 saturated carbocycles. The van der Waals surface area contributed by atoms with Crippen molar-refractivity contribution in [1.29, 1.82) is 0 Å². The molecule has 2 aliphatic carbocycles. The largest absolute Gasteiger partial charge is 0.490 e. The minimum Gasteiger partial charge on any atom is -0.490 e. The number of nitrogens with one attached hydrogen (secondary N) is 1. The molecular weight excluding hydrogens is 439 g/mol. The lowest BCUT2D eigenvalue weighted by Gasteiger charge is -2.42. The Bertz CT molecular complexity index is 1370. The third-order valence-electron chi connectivity index (χ3n) is 7.06. The van der Waals surface area contributed by atoms with E-state index in [1.165, 1.54) is 10.6 Å². The van der Waals surface area contributed by atoms with Crippen molar-refractivity contribution in [3.63, 3.8) is 0 Å². The van der Waals surface area contributed by atoms with Gasteiger partial charge < -0.3 is 19.4 Å². The molecule has 1 aromatic carbocycles. The molecule has 2 saturated heterocycles. The molecule has 178 valence electrons. The highest BCUT2D eigenvalue weighted by Crippen LogP contribution is 2.55. The van der Waals surface area contributed by atoms with E-state index in [0.29, 0.717) is 24.3 Å². The van der Waals surface area contributed by atoms with E-state index >= 15 is 0 Å². The number of hydrogen-bond donors (Lipinski definition) is 1. The van der Waals surface area contributed by atoms with Crippen LogP contribution in [-0.2, 0) is 10.3 Å². The van der Waals surface area contributed by atoms with Crippen LogP contribution in [0.15, 0.2) is 41.5 Å². The van der Waals surface area contributed by atoms with Crippen molar-refractivity contribution < 1.29 is 18.7 Å². The zero-order valence-electron chi connectivity index (χ0n) is 19.4. The van der Waals surface area contributed by atoms with Crippen LogP contribution >= 0.6 is 0 Å². The Kier molecular flexibility index (Phi) is 4.49. The highest BCUT2D eigenvalue weighted by Gasteiger charge is 2.61. The number of nitrogens with zero attached hydrogens (tertiary/aromatic N) is 3. The Morgan fingerprint density at radius 1 is 1.35 bits per heavy atom. The van der Waals surface area contributed by atoms with Crippen LogP contribution in [0.3, 0.4) is 0 Å². The Balaban J connectivity index is 1.35. The molecule has 0 spiro atoms. The van der Waals surface area contributed by atoms with Crippen LogP contribution in [0.4, 0.5) is 10.1 Å². The Labute approximate surface area is 195 Å². The average Bonchev–Trinajstić information content (AvgIpc) is 3.08. The molecule has 4 aliphatic rings. The summed E-state index contributed by atoms with van der Waals surface area (Å²) in [6.45, 7) is 6.51. The van der Waals surface area contributed by atoms with Gasteiger partial charge in [0.05, 0.1) is 41.0 Å². The van der Waals surface area contributed by atoms with Gasteiger partial charge in [0.2, 0.25) is 0 Å². The van der Waals surface area contributed by atoms with Crippen LogP contribution < -0.4 is 15.6 Å². The smallest absolute Gasteiger partial charge is 0.274 e. The van der Waals surface area contributed by atoms with Gasteiger partial charge >= 0.3 is 0 Å². The summed E-state index contributed by atoms with van der Waals surface area (Å²) in [6.07, 6.45) is 4.46. The number of halogens is 1. The first-order chi connectivity index (χ1) is 16.2. The monoisotopic (exact) mass is 466 g/mol. The van der Waals surface area contributed by atoms with Crippen LogP contribution in [-0.4, -0.2) is 44.7 Å². The van der Waals surface area contributed by atoms with Crippen LogP contribution in [0.2, 0.25) is 0 Å². The topological polar surface area (TPSA) is 87.4 Å². The number of benzene rings is 1. The number of rotatable bonds is 6. The summed E-state index contributed by atoms with van der Waals surface area (Å²) >= 11 is 0. The molecule has 2 bridgehead atoms. The maximum absolute atomic E-state index is 13.5. The van der Waals surface area contributed by atoms with Crippen molar-refractivity contribution in [2.24, 2.45) is 0 Å². The zero-order chi connectivity index (χ0) is 23.8. The van der Waals surface area contributed by atoms with Gasteiger partial charge in [0.1, 0.15) is 17.6 Å². The van der Waals surface area contributed by atoms with E-state index in [4.69, 9.17) is 14.6 Å². The molecular formula is C25H27FN4O4. The lowest BCUT2D eigenvalue weighted by Crippen LogP contribution is -2.49. The van der Waals surface area contributed by atoms with E-state index < -0.39 is 23.7 Å². The second-order valence-corrected chi connectivity index (χ2v) is 10.4. The molecule has 2 aliphatic heterocycles. The first kappa shape index (κ1) is 21.3. The van der Waals surface area contributed by atoms with Crippen molar-refractivity contribution in [1.82, 2.24) is 14.3 Å². The maximum Gasteiger partial charge on any atom is 0.274 e. The van der Waals surface area contributed by atoms with Crippen molar-refractivity contribution >= 4 is 22.5 Å². The van der Waals surface area contributed by atoms with E-state index in [0.717, 1.165) is 23.7 Å². The fraction of sp³-hybridized carbons (Fsp3) is 0.480. The minimum absolute atomic E-state index is 0.0691. The molecule has 1 amide bonds. The number of pyridine rings is 1. The molecule has 7 rings (SSSR count). The van der Waals surface area contributed by atoms with Crippen molar-refractivity contribution in [3.8, 4) is 5.75 Å². The predicted molar refractivity (Wildman–Crippen MR) is 124 cm³/mol. The van der Waals surface area contributed by atoms with Gasteiger partial charge in [-0.2, -0.15) is 5.10 Å². The summed E-state index contributed by atoms with van der Waals surface area (Å²) in [5.74, 6) is -0.0718. The number of fused-ring (bicyclic) bond motifs is 2. The van der Waals surface area contributed by atoms with Gasteiger partial charge in [-0.3, -0.25) is 14.3 Å². The number of ether oxygens (including phenoxy) is 2. The normalized spacial score (nSPS) is 29.3. The van der Waals surface area contributed by atoms with Gasteiger partial charge in [0, 0.05) is 43.1 Å². The minimum atomic E-state index is -1.02. The number of amides is 1. The van der Waals surface area contributed by atoms with Crippen molar-refractivity contribution in [3.05, 3.63) is 52.6 Å². The van der Waals surface area contributed by atoms with Crippen molar-refractivity contribution in [2.75, 3.05) is 11.9 Å². The molecule has 2 atom stereocenters. The SMILES string of the molecule is CC(C)Oc1cc2nn(C34COC(C)(C3)C4)cc2cc1C(=O)Nc1cccn(C2CC2F)c1=O. The number of carbonyl (C=O) groups is 1. The fourth-order valence-corrected chi connectivity index (χ4v) is 5.40. The van der Waals surface area contributed by atoms with E-state index in [1.807, 2.05) is 24.7 Å². The standard InChI is InChI=1S/C25H27FN4O4/c1-14(2)34-21-9-19-15(10-30(28-19)25-11-24(3,12-25)33-13-25)7-16(21)22(31)27-18-5-4-6-29(23(18)32)20-8-17(20)26/h4-7,9-10,14,17,20H,8,11-13H2,1-3H3,(H,27,31). The van der Waals surface area contributed by atoms with Gasteiger partial charge in [-0.05, 0) is 39.0 Å². The second kappa shape index (κ2) is 7.15. The van der Waals surface area contributed by atoms with Crippen LogP contribution in [0, 0.1) is 0 Å². The average molecular weight is 467 g/mol. The van der Waals surface area contributed by atoms with Crippen LogP contribution in [0.25, 0.3) is 10.9 Å². The van der Waals surface area contributed by atoms with E-state index in [9.17, 15) is 14.0 Å². The molecule has 3 aromatic rings. The Hall–Kier alpha value is -3.20. The summed E-state index contributed by atoms with van der Waals surface area (Å²) in [5.41, 5.74) is 0.515. The van der Waals surface area contributed by atoms with Gasteiger partial charge in [0.15, 0.2) is 0 Å². The number of aromatic nitrogens is 3. The van der Waals surface area contributed by atoms with Gasteiger partial charge in [0.25, 0.3) is 11.5 Å². The third-order valence-corrected chi connectivity index (χ3v) is 7.06. The van der Waals surface area contributed by atoms with Gasteiger partial charge in [-0.15, -0.1) is 0 Å². The number of carbonyl (C=O) groups excluding carboxylic acids is 1. The fourth-order valence-electron chi connectivity index (χ4n) is 5.40. The highest BCUT2D eigenvalue weighted by atomic mass is 19.1. The molecule has 2 aromatic heterocycles. The van der Waals surface area contributed by atoms with E-state index in [1.54, 1.807) is 24.4 Å². The third kappa shape index (κ3) is 3.33. The molecule has 34 heavy (non-hydrogen) atoms. The lowest BCUT2D eigenvalue weighted by molar-refractivity contribution is 0.00383. The molecule has 0 radical (unpaired) electrons. The highest BCUT2D eigenvalue weighted by molar-refractivity contribution is 6.08. The summed E-state index contributed by atoms with van der Waals surface area (Å²) in [6, 6.07) is 6.22. The van der Waals surface area contributed by atoms with Crippen molar-refractivity contribution in [2.45, 2.75) is 69.5 Å². The summed E-state index contributed by atoms with van der Waals surface area (Å²) < 4.78 is 28.7. The second-order valence-electron chi connectivity index (χ2n) is 10.4. The molecule has 9 heteroatoms. The number of anilines is 1. The van der Waals surface area contributed by atoms with Gasteiger partial charge in [-0.1, -0.05) is 0 Å². The van der Waals surface area contributed by atoms with Crippen LogP contribution in [0.5, 0.6) is 5.75 Å². The maximum atomic E-state index is 13.5. The number of hydrogen-bond acceptors (Lipinski definition) is 5. The first-order valence-electron chi connectivity index (χ1n) is 11.7. The van der Waals surface area contributed by atoms with E-state index in [-0.39, 0.29) is 22.9 Å². The lowest BCUT2D eigenvalue weighted by atomic mass is 9.69. The Morgan fingerprint density at radius 3 is 2.76 bits per heavy atom. The quantitative estimate of drug-likeness (QED) is 0.597. The zero-order valence-corrected chi connectivity index (χ0v) is 19.4. The molecule has 1 N–H and O–H groups in total.